The summed E-state index contributed by atoms with van der Waals surface area (Å²) in [5.41, 5.74) is 1.37. The van der Waals surface area contributed by atoms with Gasteiger partial charge in [0, 0.05) is 17.2 Å². The average molecular weight is 469 g/mol. The number of aromatic nitrogens is 1. The number of benzene rings is 2. The van der Waals surface area contributed by atoms with Crippen LogP contribution in [0, 0.1) is 0 Å². The molecule has 0 bridgehead atoms. The molecular formula is C24H24N2O6S. The highest BCUT2D eigenvalue weighted by atomic mass is 32.2. The molecule has 33 heavy (non-hydrogen) atoms. The van der Waals surface area contributed by atoms with Gasteiger partial charge < -0.3 is 9.47 Å². The predicted octanol–water partition coefficient (Wildman–Crippen LogP) is 3.43. The second kappa shape index (κ2) is 9.83. The smallest absolute Gasteiger partial charge is 0.248 e. The molecule has 1 heterocycles. The molecule has 1 amide bonds. The van der Waals surface area contributed by atoms with E-state index in [1.807, 2.05) is 6.07 Å². The van der Waals surface area contributed by atoms with E-state index in [0.717, 1.165) is 6.26 Å². The Hall–Kier alpha value is -3.72. The van der Waals surface area contributed by atoms with Gasteiger partial charge in [0.1, 0.15) is 5.69 Å². The average Bonchev–Trinajstić information content (AvgIpc) is 2.83. The Morgan fingerprint density at radius 1 is 0.909 bits per heavy atom. The van der Waals surface area contributed by atoms with Crippen molar-refractivity contribution in [1.82, 2.24) is 4.98 Å². The van der Waals surface area contributed by atoms with Crippen molar-refractivity contribution in [2.24, 2.45) is 0 Å². The van der Waals surface area contributed by atoms with Crippen LogP contribution in [0.25, 0.3) is 0 Å². The molecule has 0 radical (unpaired) electrons. The number of nitrogens with zero attached hydrogens (tertiary/aromatic N) is 2. The van der Waals surface area contributed by atoms with Gasteiger partial charge in [0.05, 0.1) is 26.4 Å². The van der Waals surface area contributed by atoms with E-state index in [-0.39, 0.29) is 23.2 Å². The predicted molar refractivity (Wildman–Crippen MR) is 124 cm³/mol. The Balaban J connectivity index is 2.00. The molecule has 0 N–H and O–H groups in total. The van der Waals surface area contributed by atoms with Gasteiger partial charge in [-0.3, -0.25) is 9.59 Å². The first kappa shape index (κ1) is 23.9. The first-order valence-corrected chi connectivity index (χ1v) is 11.8. The Labute approximate surface area is 192 Å². The first-order chi connectivity index (χ1) is 15.7. The van der Waals surface area contributed by atoms with Crippen molar-refractivity contribution in [1.29, 1.82) is 0 Å². The summed E-state index contributed by atoms with van der Waals surface area (Å²) >= 11 is 0. The zero-order valence-corrected chi connectivity index (χ0v) is 19.5. The third kappa shape index (κ3) is 5.20. The van der Waals surface area contributed by atoms with Crippen LogP contribution in [0.15, 0.2) is 66.7 Å². The number of carbonyl (C=O) groups excluding carboxylic acids is 2. The van der Waals surface area contributed by atoms with Crippen LogP contribution < -0.4 is 13.8 Å². The van der Waals surface area contributed by atoms with E-state index in [9.17, 15) is 18.0 Å². The van der Waals surface area contributed by atoms with Crippen molar-refractivity contribution < 1.29 is 27.5 Å². The Morgan fingerprint density at radius 3 is 2.18 bits per heavy atom. The zero-order chi connectivity index (χ0) is 24.2. The fourth-order valence-corrected chi connectivity index (χ4v) is 4.30. The van der Waals surface area contributed by atoms with Crippen molar-refractivity contribution >= 4 is 27.4 Å². The largest absolute Gasteiger partial charge is 0.481 e. The SMILES string of the molecule is COc1ccc(N(C(=O)C(C)c2cccc(C(=O)c3ccccc3)c2)S(C)(=O)=O)c(OC)n1. The van der Waals surface area contributed by atoms with E-state index < -0.39 is 21.8 Å². The Bertz CT molecular complexity index is 1280. The lowest BCUT2D eigenvalue weighted by molar-refractivity contribution is -0.118. The minimum absolute atomic E-state index is 0.0332. The number of hydrogen-bond acceptors (Lipinski definition) is 7. The number of pyridine rings is 1. The highest BCUT2D eigenvalue weighted by molar-refractivity contribution is 7.92. The number of hydrogen-bond donors (Lipinski definition) is 0. The van der Waals surface area contributed by atoms with Crippen molar-refractivity contribution in [3.63, 3.8) is 0 Å². The summed E-state index contributed by atoms with van der Waals surface area (Å²) in [7, 11) is -1.31. The third-order valence-corrected chi connectivity index (χ3v) is 6.06. The van der Waals surface area contributed by atoms with Gasteiger partial charge in [0.15, 0.2) is 5.78 Å². The molecule has 2 aromatic carbocycles. The Morgan fingerprint density at radius 2 is 1.58 bits per heavy atom. The normalized spacial score (nSPS) is 12.0. The molecule has 1 aromatic heterocycles. The lowest BCUT2D eigenvalue weighted by Crippen LogP contribution is -2.39. The van der Waals surface area contributed by atoms with E-state index in [0.29, 0.717) is 21.0 Å². The number of sulfonamides is 1. The van der Waals surface area contributed by atoms with E-state index in [1.165, 1.54) is 26.4 Å². The topological polar surface area (TPSA) is 103 Å². The van der Waals surface area contributed by atoms with Gasteiger partial charge in [-0.05, 0) is 24.6 Å². The zero-order valence-electron chi connectivity index (χ0n) is 18.7. The molecule has 172 valence electrons. The number of amides is 1. The van der Waals surface area contributed by atoms with Crippen LogP contribution in [0.2, 0.25) is 0 Å². The molecule has 3 aromatic rings. The fourth-order valence-electron chi connectivity index (χ4n) is 3.32. The van der Waals surface area contributed by atoms with Crippen LogP contribution in [0.4, 0.5) is 5.69 Å². The molecule has 0 fully saturated rings. The van der Waals surface area contributed by atoms with Crippen LogP contribution in [-0.2, 0) is 14.8 Å². The number of ketones is 1. The third-order valence-electron chi connectivity index (χ3n) is 5.02. The highest BCUT2D eigenvalue weighted by Crippen LogP contribution is 2.33. The van der Waals surface area contributed by atoms with Crippen LogP contribution in [0.5, 0.6) is 11.8 Å². The van der Waals surface area contributed by atoms with Crippen LogP contribution >= 0.6 is 0 Å². The van der Waals surface area contributed by atoms with Gasteiger partial charge in [-0.15, -0.1) is 0 Å². The van der Waals surface area contributed by atoms with Crippen LogP contribution in [-0.4, -0.2) is 45.6 Å². The van der Waals surface area contributed by atoms with Gasteiger partial charge in [-0.2, -0.15) is 4.98 Å². The van der Waals surface area contributed by atoms with Gasteiger partial charge in [0.25, 0.3) is 0 Å². The second-order valence-electron chi connectivity index (χ2n) is 7.29. The van der Waals surface area contributed by atoms with Crippen molar-refractivity contribution in [2.75, 3.05) is 24.8 Å². The minimum atomic E-state index is -4.04. The van der Waals surface area contributed by atoms with Gasteiger partial charge in [-0.25, -0.2) is 12.7 Å². The van der Waals surface area contributed by atoms with Gasteiger partial charge >= 0.3 is 0 Å². The van der Waals surface area contributed by atoms with E-state index in [2.05, 4.69) is 4.98 Å². The maximum absolute atomic E-state index is 13.4. The van der Waals surface area contributed by atoms with Crippen molar-refractivity contribution in [3.05, 3.63) is 83.4 Å². The molecule has 0 aliphatic heterocycles. The van der Waals surface area contributed by atoms with Gasteiger partial charge in [-0.1, -0.05) is 48.5 Å². The summed E-state index contributed by atoms with van der Waals surface area (Å²) in [6.07, 6.45) is 0.927. The second-order valence-corrected chi connectivity index (χ2v) is 9.12. The van der Waals surface area contributed by atoms with Gasteiger partial charge in [0.2, 0.25) is 27.7 Å². The molecule has 8 nitrogen and oxygen atoms in total. The molecule has 3 rings (SSSR count). The molecule has 0 saturated heterocycles. The number of rotatable bonds is 8. The number of ether oxygens (including phenoxy) is 2. The molecule has 0 aliphatic carbocycles. The summed E-state index contributed by atoms with van der Waals surface area (Å²) < 4.78 is 36.2. The molecular weight excluding hydrogens is 444 g/mol. The highest BCUT2D eigenvalue weighted by Gasteiger charge is 2.33. The fraction of sp³-hybridized carbons (Fsp3) is 0.208. The summed E-state index contributed by atoms with van der Waals surface area (Å²) in [4.78, 5) is 30.3. The molecule has 9 heteroatoms. The number of anilines is 1. The lowest BCUT2D eigenvalue weighted by Gasteiger charge is -2.25. The molecule has 0 spiro atoms. The lowest BCUT2D eigenvalue weighted by atomic mass is 9.95. The Kier molecular flexibility index (Phi) is 7.13. The molecule has 0 aliphatic rings. The minimum Gasteiger partial charge on any atom is -0.481 e. The maximum atomic E-state index is 13.4. The summed E-state index contributed by atoms with van der Waals surface area (Å²) in [6.45, 7) is 1.58. The summed E-state index contributed by atoms with van der Waals surface area (Å²) in [5.74, 6) is -1.66. The molecule has 1 atom stereocenters. The number of carbonyl (C=O) groups is 2. The van der Waals surface area contributed by atoms with Crippen LogP contribution in [0.3, 0.4) is 0 Å². The molecule has 0 saturated carbocycles. The maximum Gasteiger partial charge on any atom is 0.248 e. The van der Waals surface area contributed by atoms with Crippen molar-refractivity contribution in [3.8, 4) is 11.8 Å². The molecule has 1 unspecified atom stereocenters. The monoisotopic (exact) mass is 468 g/mol. The van der Waals surface area contributed by atoms with E-state index >= 15 is 0 Å². The number of methoxy groups -OCH3 is 2. The van der Waals surface area contributed by atoms with Crippen LogP contribution in [0.1, 0.15) is 34.3 Å². The van der Waals surface area contributed by atoms with Crippen molar-refractivity contribution in [2.45, 2.75) is 12.8 Å². The standard InChI is InChI=1S/C24H24N2O6S/c1-16(18-11-8-12-19(15-18)22(27)17-9-6-5-7-10-17)24(28)26(33(4,29)30)20-13-14-21(31-2)25-23(20)32-3/h5-16H,1-4H3. The van der Waals surface area contributed by atoms with E-state index in [1.54, 1.807) is 55.5 Å². The summed E-state index contributed by atoms with van der Waals surface area (Å²) in [5, 5.41) is 0. The summed E-state index contributed by atoms with van der Waals surface area (Å²) in [6, 6.07) is 18.2. The quantitative estimate of drug-likeness (QED) is 0.467. The first-order valence-electron chi connectivity index (χ1n) is 10.00. The van der Waals surface area contributed by atoms with E-state index in [4.69, 9.17) is 9.47 Å².